The number of carbonyl (C=O) groups excluding carboxylic acids is 2. The summed E-state index contributed by atoms with van der Waals surface area (Å²) in [6.45, 7) is 10.4. The Hall–Kier alpha value is -1.06. The van der Waals surface area contributed by atoms with Gasteiger partial charge in [0.1, 0.15) is 0 Å². The summed E-state index contributed by atoms with van der Waals surface area (Å²) >= 11 is 0. The van der Waals surface area contributed by atoms with Gasteiger partial charge in [0, 0.05) is 12.8 Å². The van der Waals surface area contributed by atoms with Gasteiger partial charge in [-0.1, -0.05) is 163 Å². The molecule has 4 nitrogen and oxygen atoms in total. The van der Waals surface area contributed by atoms with Crippen molar-refractivity contribution in [2.24, 2.45) is 11.8 Å². The van der Waals surface area contributed by atoms with Crippen molar-refractivity contribution in [3.05, 3.63) is 0 Å². The smallest absolute Gasteiger partial charge is 0.305 e. The first-order chi connectivity index (χ1) is 19.9. The van der Waals surface area contributed by atoms with Gasteiger partial charge in [-0.15, -0.1) is 0 Å². The Morgan fingerprint density at radius 1 is 0.366 bits per heavy atom. The molecule has 0 aromatic rings. The highest BCUT2D eigenvalue weighted by Gasteiger charge is 2.04. The van der Waals surface area contributed by atoms with Crippen LogP contribution in [0.4, 0.5) is 0 Å². The van der Waals surface area contributed by atoms with Crippen LogP contribution in [0.5, 0.6) is 0 Å². The van der Waals surface area contributed by atoms with E-state index >= 15 is 0 Å². The fourth-order valence-electron chi connectivity index (χ4n) is 5.37. The van der Waals surface area contributed by atoms with E-state index in [0.29, 0.717) is 26.1 Å². The van der Waals surface area contributed by atoms with Crippen LogP contribution in [0.3, 0.4) is 0 Å². The molecule has 0 amide bonds. The van der Waals surface area contributed by atoms with Gasteiger partial charge in [0.05, 0.1) is 13.2 Å². The number of rotatable bonds is 32. The second-order valence-electron chi connectivity index (χ2n) is 13.4. The monoisotopic (exact) mass is 581 g/mol. The number of esters is 2. The van der Waals surface area contributed by atoms with Crippen molar-refractivity contribution >= 4 is 11.9 Å². The molecule has 41 heavy (non-hydrogen) atoms. The Morgan fingerprint density at radius 3 is 0.902 bits per heavy atom. The number of carbonyl (C=O) groups is 2. The van der Waals surface area contributed by atoms with Gasteiger partial charge in [-0.05, 0) is 37.5 Å². The van der Waals surface area contributed by atoms with Crippen LogP contribution in [-0.4, -0.2) is 25.2 Å². The standard InChI is InChI=1S/C37H72O4/c1-34(2)28-22-16-10-5-7-14-20-26-32-40-36(38)30-24-18-12-9-13-19-25-31-37(39)41-33-27-21-15-8-6-11-17-23-29-35(3)4/h34-35H,5-33H2,1-4H3. The molecule has 0 radical (unpaired) electrons. The minimum absolute atomic E-state index is 0.0267. The second kappa shape index (κ2) is 31.9. The first-order valence-corrected chi connectivity index (χ1v) is 18.2. The van der Waals surface area contributed by atoms with Crippen LogP contribution in [0.25, 0.3) is 0 Å². The lowest BCUT2D eigenvalue weighted by molar-refractivity contribution is -0.144. The van der Waals surface area contributed by atoms with E-state index in [9.17, 15) is 9.59 Å². The molecule has 0 aliphatic heterocycles. The Balaban J connectivity index is 3.26. The van der Waals surface area contributed by atoms with E-state index in [-0.39, 0.29) is 11.9 Å². The predicted molar refractivity (Wildman–Crippen MR) is 176 cm³/mol. The fraction of sp³-hybridized carbons (Fsp3) is 0.946. The molecule has 0 bridgehead atoms. The van der Waals surface area contributed by atoms with Gasteiger partial charge in [0.15, 0.2) is 0 Å². The zero-order valence-corrected chi connectivity index (χ0v) is 28.3. The summed E-state index contributed by atoms with van der Waals surface area (Å²) < 4.78 is 10.8. The van der Waals surface area contributed by atoms with Gasteiger partial charge in [0.25, 0.3) is 0 Å². The molecule has 0 rings (SSSR count). The van der Waals surface area contributed by atoms with Gasteiger partial charge in [-0.2, -0.15) is 0 Å². The molecule has 0 aromatic carbocycles. The molecule has 0 unspecified atom stereocenters. The van der Waals surface area contributed by atoms with Crippen molar-refractivity contribution in [2.75, 3.05) is 13.2 Å². The van der Waals surface area contributed by atoms with Crippen molar-refractivity contribution in [1.82, 2.24) is 0 Å². The second-order valence-corrected chi connectivity index (χ2v) is 13.4. The molecular formula is C37H72O4. The molecule has 0 aliphatic carbocycles. The highest BCUT2D eigenvalue weighted by Crippen LogP contribution is 2.15. The van der Waals surface area contributed by atoms with Crippen molar-refractivity contribution in [3.8, 4) is 0 Å². The van der Waals surface area contributed by atoms with Crippen molar-refractivity contribution < 1.29 is 19.1 Å². The number of hydrogen-bond acceptors (Lipinski definition) is 4. The van der Waals surface area contributed by atoms with Gasteiger partial charge in [-0.25, -0.2) is 0 Å². The summed E-state index contributed by atoms with van der Waals surface area (Å²) in [7, 11) is 0. The average Bonchev–Trinajstić information content (AvgIpc) is 2.93. The molecule has 0 saturated heterocycles. The minimum atomic E-state index is -0.0267. The number of unbranched alkanes of at least 4 members (excludes halogenated alkanes) is 20. The van der Waals surface area contributed by atoms with Gasteiger partial charge in [0.2, 0.25) is 0 Å². The van der Waals surface area contributed by atoms with Gasteiger partial charge in [-0.3, -0.25) is 9.59 Å². The first-order valence-electron chi connectivity index (χ1n) is 18.2. The third-order valence-electron chi connectivity index (χ3n) is 8.14. The van der Waals surface area contributed by atoms with Crippen molar-refractivity contribution in [1.29, 1.82) is 0 Å². The van der Waals surface area contributed by atoms with Crippen molar-refractivity contribution in [2.45, 2.75) is 201 Å². The van der Waals surface area contributed by atoms with E-state index in [1.165, 1.54) is 109 Å². The van der Waals surface area contributed by atoms with Crippen LogP contribution in [0, 0.1) is 11.8 Å². The van der Waals surface area contributed by atoms with Crippen LogP contribution in [0.1, 0.15) is 201 Å². The Kier molecular flexibility index (Phi) is 31.0. The summed E-state index contributed by atoms with van der Waals surface area (Å²) in [5.74, 6) is 1.62. The maximum atomic E-state index is 11.9. The van der Waals surface area contributed by atoms with E-state index in [1.54, 1.807) is 0 Å². The number of ether oxygens (including phenoxy) is 2. The molecule has 0 atom stereocenters. The molecule has 0 aliphatic rings. The Labute approximate surface area is 256 Å². The van der Waals surface area contributed by atoms with E-state index in [0.717, 1.165) is 63.2 Å². The lowest BCUT2D eigenvalue weighted by Crippen LogP contribution is -2.05. The van der Waals surface area contributed by atoms with E-state index in [2.05, 4.69) is 27.7 Å². The van der Waals surface area contributed by atoms with E-state index in [1.807, 2.05) is 0 Å². The molecule has 4 heteroatoms. The molecule has 0 spiro atoms. The summed E-state index contributed by atoms with van der Waals surface area (Å²) in [4.78, 5) is 23.8. The SMILES string of the molecule is CC(C)CCCCCCCCCCOC(=O)CCCCCCCCCC(=O)OCCCCCCCCCCC(C)C. The molecule has 244 valence electrons. The molecular weight excluding hydrogens is 508 g/mol. The largest absolute Gasteiger partial charge is 0.466 e. The summed E-state index contributed by atoms with van der Waals surface area (Å²) in [6, 6.07) is 0. The van der Waals surface area contributed by atoms with E-state index in [4.69, 9.17) is 9.47 Å². The minimum Gasteiger partial charge on any atom is -0.466 e. The maximum absolute atomic E-state index is 11.9. The summed E-state index contributed by atoms with van der Waals surface area (Å²) in [6.07, 6.45) is 31.9. The predicted octanol–water partition coefficient (Wildman–Crippen LogP) is 11.9. The lowest BCUT2D eigenvalue weighted by atomic mass is 10.0. The first kappa shape index (κ1) is 39.9. The maximum Gasteiger partial charge on any atom is 0.305 e. The highest BCUT2D eigenvalue weighted by atomic mass is 16.5. The zero-order valence-electron chi connectivity index (χ0n) is 28.3. The molecule has 0 aromatic heterocycles. The normalized spacial score (nSPS) is 11.5. The highest BCUT2D eigenvalue weighted by molar-refractivity contribution is 5.69. The molecule has 0 heterocycles. The summed E-state index contributed by atoms with van der Waals surface area (Å²) in [5, 5.41) is 0. The number of hydrogen-bond donors (Lipinski definition) is 0. The quantitative estimate of drug-likeness (QED) is 0.0586. The Morgan fingerprint density at radius 2 is 0.610 bits per heavy atom. The van der Waals surface area contributed by atoms with Gasteiger partial charge >= 0.3 is 11.9 Å². The van der Waals surface area contributed by atoms with E-state index < -0.39 is 0 Å². The molecule has 0 N–H and O–H groups in total. The zero-order chi connectivity index (χ0) is 30.2. The van der Waals surface area contributed by atoms with Crippen LogP contribution >= 0.6 is 0 Å². The van der Waals surface area contributed by atoms with Crippen molar-refractivity contribution in [3.63, 3.8) is 0 Å². The summed E-state index contributed by atoms with van der Waals surface area (Å²) in [5.41, 5.74) is 0. The van der Waals surface area contributed by atoms with Gasteiger partial charge < -0.3 is 9.47 Å². The third kappa shape index (κ3) is 35.0. The lowest BCUT2D eigenvalue weighted by Gasteiger charge is -2.06. The molecule has 0 saturated carbocycles. The van der Waals surface area contributed by atoms with Crippen LogP contribution < -0.4 is 0 Å². The third-order valence-corrected chi connectivity index (χ3v) is 8.14. The fourth-order valence-corrected chi connectivity index (χ4v) is 5.37. The van der Waals surface area contributed by atoms with Crippen LogP contribution in [0.2, 0.25) is 0 Å². The van der Waals surface area contributed by atoms with Crippen LogP contribution in [0.15, 0.2) is 0 Å². The van der Waals surface area contributed by atoms with Crippen LogP contribution in [-0.2, 0) is 19.1 Å². The topological polar surface area (TPSA) is 52.6 Å². The molecule has 0 fully saturated rings. The average molecular weight is 581 g/mol. The Bertz CT molecular complexity index is 509.